The van der Waals surface area contributed by atoms with E-state index in [0.29, 0.717) is 37.1 Å². The predicted molar refractivity (Wildman–Crippen MR) is 88.9 cm³/mol. The van der Waals surface area contributed by atoms with Crippen LogP contribution in [0.15, 0.2) is 54.7 Å². The van der Waals surface area contributed by atoms with E-state index in [2.05, 4.69) is 10.1 Å². The molecule has 4 rings (SSSR count). The van der Waals surface area contributed by atoms with E-state index >= 15 is 0 Å². The van der Waals surface area contributed by atoms with Crippen molar-refractivity contribution in [1.82, 2.24) is 14.8 Å². The van der Waals surface area contributed by atoms with Gasteiger partial charge in [-0.25, -0.2) is 9.37 Å². The third-order valence-corrected chi connectivity index (χ3v) is 3.98. The first-order valence-electron chi connectivity index (χ1n) is 7.89. The standard InChI is InChI=1S/C18H15FN4O2/c19-14-6-7-16(20-11-14)22-8-9-23-15(18(22)24)10-17(21-23)25-12-13-4-2-1-3-5-13/h1-7,10-11H,8-9,12H2. The molecule has 0 saturated carbocycles. The average molecular weight is 338 g/mol. The molecule has 1 aliphatic rings. The number of ether oxygens (including phenoxy) is 1. The van der Waals surface area contributed by atoms with Crippen molar-refractivity contribution in [3.63, 3.8) is 0 Å². The van der Waals surface area contributed by atoms with Crippen molar-refractivity contribution in [3.8, 4) is 5.88 Å². The summed E-state index contributed by atoms with van der Waals surface area (Å²) in [4.78, 5) is 18.2. The maximum Gasteiger partial charge on any atom is 0.277 e. The zero-order chi connectivity index (χ0) is 17.2. The lowest BCUT2D eigenvalue weighted by molar-refractivity contribution is 0.0961. The van der Waals surface area contributed by atoms with Crippen LogP contribution in [0.5, 0.6) is 5.88 Å². The van der Waals surface area contributed by atoms with Gasteiger partial charge in [-0.15, -0.1) is 5.10 Å². The average Bonchev–Trinajstić information content (AvgIpc) is 3.06. The summed E-state index contributed by atoms with van der Waals surface area (Å²) in [5, 5.41) is 4.33. The molecule has 0 bridgehead atoms. The van der Waals surface area contributed by atoms with Gasteiger partial charge < -0.3 is 4.74 Å². The van der Waals surface area contributed by atoms with Crippen LogP contribution in [-0.4, -0.2) is 27.2 Å². The Kier molecular flexibility index (Phi) is 3.89. The molecule has 0 N–H and O–H groups in total. The van der Waals surface area contributed by atoms with Crippen molar-refractivity contribution in [3.05, 3.63) is 71.8 Å². The Morgan fingerprint density at radius 2 is 1.96 bits per heavy atom. The normalized spacial score (nSPS) is 13.6. The molecule has 0 saturated heterocycles. The van der Waals surface area contributed by atoms with Gasteiger partial charge in [-0.05, 0) is 17.7 Å². The number of aromatic nitrogens is 3. The molecule has 0 unspecified atom stereocenters. The zero-order valence-electron chi connectivity index (χ0n) is 13.3. The molecule has 1 amide bonds. The van der Waals surface area contributed by atoms with Crippen LogP contribution in [0, 0.1) is 5.82 Å². The lowest BCUT2D eigenvalue weighted by Gasteiger charge is -2.26. The predicted octanol–water partition coefficient (Wildman–Crippen LogP) is 2.66. The minimum atomic E-state index is -0.435. The Morgan fingerprint density at radius 1 is 1.12 bits per heavy atom. The van der Waals surface area contributed by atoms with E-state index in [0.717, 1.165) is 11.8 Å². The number of amides is 1. The molecule has 3 aromatic rings. The van der Waals surface area contributed by atoms with E-state index < -0.39 is 5.82 Å². The van der Waals surface area contributed by atoms with Gasteiger partial charge in [-0.2, -0.15) is 0 Å². The number of hydrogen-bond acceptors (Lipinski definition) is 4. The van der Waals surface area contributed by atoms with Crippen LogP contribution < -0.4 is 9.64 Å². The maximum absolute atomic E-state index is 13.0. The Morgan fingerprint density at radius 3 is 2.72 bits per heavy atom. The molecule has 0 atom stereocenters. The number of carbonyl (C=O) groups excluding carboxylic acids is 1. The molecular formula is C18H15FN4O2. The van der Waals surface area contributed by atoms with Crippen molar-refractivity contribution >= 4 is 11.7 Å². The highest BCUT2D eigenvalue weighted by Gasteiger charge is 2.28. The van der Waals surface area contributed by atoms with Gasteiger partial charge in [0.2, 0.25) is 5.88 Å². The maximum atomic E-state index is 13.0. The van der Waals surface area contributed by atoms with Crippen molar-refractivity contribution in [2.24, 2.45) is 0 Å². The Bertz CT molecular complexity index is 893. The molecule has 0 radical (unpaired) electrons. The van der Waals surface area contributed by atoms with E-state index in [-0.39, 0.29) is 5.91 Å². The van der Waals surface area contributed by atoms with Gasteiger partial charge >= 0.3 is 0 Å². The largest absolute Gasteiger partial charge is 0.472 e. The summed E-state index contributed by atoms with van der Waals surface area (Å²) >= 11 is 0. The van der Waals surface area contributed by atoms with Crippen molar-refractivity contribution in [2.75, 3.05) is 11.4 Å². The van der Waals surface area contributed by atoms with Gasteiger partial charge in [0.25, 0.3) is 5.91 Å². The van der Waals surface area contributed by atoms with Gasteiger partial charge in [-0.3, -0.25) is 14.4 Å². The highest BCUT2D eigenvalue weighted by molar-refractivity contribution is 6.05. The molecule has 3 heterocycles. The molecule has 0 aliphatic carbocycles. The Hall–Kier alpha value is -3.22. The molecule has 2 aromatic heterocycles. The molecule has 126 valence electrons. The zero-order valence-corrected chi connectivity index (χ0v) is 13.3. The quantitative estimate of drug-likeness (QED) is 0.734. The third-order valence-electron chi connectivity index (χ3n) is 3.98. The van der Waals surface area contributed by atoms with E-state index in [4.69, 9.17) is 4.74 Å². The second kappa shape index (κ2) is 6.35. The Labute approximate surface area is 143 Å². The number of fused-ring (bicyclic) bond motifs is 1. The van der Waals surface area contributed by atoms with E-state index in [1.54, 1.807) is 10.7 Å². The number of hydrogen-bond donors (Lipinski definition) is 0. The molecule has 7 heteroatoms. The monoisotopic (exact) mass is 338 g/mol. The number of benzene rings is 1. The minimum absolute atomic E-state index is 0.229. The van der Waals surface area contributed by atoms with Crippen LogP contribution in [0.1, 0.15) is 16.1 Å². The van der Waals surface area contributed by atoms with Crippen LogP contribution >= 0.6 is 0 Å². The summed E-state index contributed by atoms with van der Waals surface area (Å²) in [5.74, 6) is 0.161. The number of halogens is 1. The summed E-state index contributed by atoms with van der Waals surface area (Å²) < 4.78 is 20.3. The van der Waals surface area contributed by atoms with E-state index in [9.17, 15) is 9.18 Å². The highest BCUT2D eigenvalue weighted by Crippen LogP contribution is 2.22. The summed E-state index contributed by atoms with van der Waals surface area (Å²) in [5.41, 5.74) is 1.46. The van der Waals surface area contributed by atoms with Crippen LogP contribution in [0.3, 0.4) is 0 Å². The fourth-order valence-electron chi connectivity index (χ4n) is 2.72. The SMILES string of the molecule is O=C1c2cc(OCc3ccccc3)nn2CCN1c1ccc(F)cn1. The topological polar surface area (TPSA) is 60.2 Å². The summed E-state index contributed by atoms with van der Waals surface area (Å²) in [6.45, 7) is 1.33. The van der Waals surface area contributed by atoms with Gasteiger partial charge in [0, 0.05) is 12.6 Å². The van der Waals surface area contributed by atoms with Crippen molar-refractivity contribution in [2.45, 2.75) is 13.2 Å². The number of nitrogens with zero attached hydrogens (tertiary/aromatic N) is 4. The molecule has 0 fully saturated rings. The van der Waals surface area contributed by atoms with Crippen LogP contribution in [-0.2, 0) is 13.2 Å². The molecule has 25 heavy (non-hydrogen) atoms. The third kappa shape index (κ3) is 3.08. The van der Waals surface area contributed by atoms with Crippen molar-refractivity contribution in [1.29, 1.82) is 0 Å². The first kappa shape index (κ1) is 15.3. The molecule has 0 spiro atoms. The highest BCUT2D eigenvalue weighted by atomic mass is 19.1. The van der Waals surface area contributed by atoms with Gasteiger partial charge in [0.15, 0.2) is 0 Å². The van der Waals surface area contributed by atoms with E-state index in [1.807, 2.05) is 30.3 Å². The van der Waals surface area contributed by atoms with Crippen LogP contribution in [0.2, 0.25) is 0 Å². The summed E-state index contributed by atoms with van der Waals surface area (Å²) in [6.07, 6.45) is 1.10. The first-order chi connectivity index (χ1) is 12.2. The second-order valence-electron chi connectivity index (χ2n) is 5.66. The number of rotatable bonds is 4. The first-order valence-corrected chi connectivity index (χ1v) is 7.89. The second-order valence-corrected chi connectivity index (χ2v) is 5.66. The summed E-state index contributed by atoms with van der Waals surface area (Å²) in [7, 11) is 0. The fourth-order valence-corrected chi connectivity index (χ4v) is 2.72. The molecule has 1 aliphatic heterocycles. The lowest BCUT2D eigenvalue weighted by atomic mass is 10.2. The van der Waals surface area contributed by atoms with Crippen molar-refractivity contribution < 1.29 is 13.9 Å². The van der Waals surface area contributed by atoms with Gasteiger partial charge in [0.1, 0.15) is 23.9 Å². The van der Waals surface area contributed by atoms with E-state index in [1.165, 1.54) is 17.0 Å². The summed E-state index contributed by atoms with van der Waals surface area (Å²) in [6, 6.07) is 14.1. The number of anilines is 1. The smallest absolute Gasteiger partial charge is 0.277 e. The molecular weight excluding hydrogens is 323 g/mol. The number of pyridine rings is 1. The molecule has 1 aromatic carbocycles. The van der Waals surface area contributed by atoms with Crippen LogP contribution in [0.25, 0.3) is 0 Å². The van der Waals surface area contributed by atoms with Gasteiger partial charge in [-0.1, -0.05) is 30.3 Å². The number of carbonyl (C=O) groups is 1. The van der Waals surface area contributed by atoms with Gasteiger partial charge in [0.05, 0.1) is 12.7 Å². The molecule has 6 nitrogen and oxygen atoms in total. The lowest BCUT2D eigenvalue weighted by Crippen LogP contribution is -2.40. The Balaban J connectivity index is 1.51. The minimum Gasteiger partial charge on any atom is -0.472 e. The fraction of sp³-hybridized carbons (Fsp3) is 0.167. The van der Waals surface area contributed by atoms with Crippen LogP contribution in [0.4, 0.5) is 10.2 Å².